The number of carbonyl (C=O) groups is 4. The highest BCUT2D eigenvalue weighted by Gasteiger charge is 2.82. The fraction of sp³-hybridized carbons (Fsp3) is 0.421. The Morgan fingerprint density at radius 3 is 1.77 bits per heavy atom. The van der Waals surface area contributed by atoms with Gasteiger partial charge in [0, 0.05) is 12.8 Å². The van der Waals surface area contributed by atoms with E-state index >= 15 is 0 Å². The molecule has 1 N–H and O–H groups in total. The molecule has 0 radical (unpaired) electrons. The van der Waals surface area contributed by atoms with Crippen LogP contribution in [0.15, 0.2) is 91.0 Å². The molecular weight excluding hydrogens is 616 g/mol. The Labute approximate surface area is 279 Å². The van der Waals surface area contributed by atoms with E-state index in [0.717, 1.165) is 0 Å². The van der Waals surface area contributed by atoms with Gasteiger partial charge in [0.2, 0.25) is 0 Å². The van der Waals surface area contributed by atoms with Crippen molar-refractivity contribution in [3.63, 3.8) is 0 Å². The maximum Gasteiger partial charge on any atom is 0.338 e. The van der Waals surface area contributed by atoms with E-state index in [9.17, 15) is 24.3 Å². The van der Waals surface area contributed by atoms with Crippen molar-refractivity contribution in [3.05, 3.63) is 108 Å². The molecule has 3 aliphatic rings. The quantitative estimate of drug-likeness (QED) is 0.255. The van der Waals surface area contributed by atoms with Crippen molar-refractivity contribution in [2.24, 2.45) is 17.3 Å². The maximum absolute atomic E-state index is 13.8. The van der Waals surface area contributed by atoms with Crippen LogP contribution in [-0.4, -0.2) is 71.2 Å². The van der Waals surface area contributed by atoms with Gasteiger partial charge in [-0.15, -0.1) is 0 Å². The minimum Gasteiger partial charge on any atom is -0.461 e. The van der Waals surface area contributed by atoms with Crippen LogP contribution < -0.4 is 0 Å². The van der Waals surface area contributed by atoms with Gasteiger partial charge in [0.15, 0.2) is 0 Å². The third-order valence-corrected chi connectivity index (χ3v) is 10.4. The van der Waals surface area contributed by atoms with Crippen LogP contribution in [0.1, 0.15) is 71.6 Å². The van der Waals surface area contributed by atoms with E-state index in [2.05, 4.69) is 0 Å². The van der Waals surface area contributed by atoms with Crippen LogP contribution in [0.3, 0.4) is 0 Å². The van der Waals surface area contributed by atoms with Crippen LogP contribution in [0.25, 0.3) is 0 Å². The monoisotopic (exact) mass is 656 g/mol. The standard InChI is InChI=1S/C38H40O10/c1-23-20-29(45-24(2)39)31(40)37(22-44-33(41)25-14-8-5-9-15-25)30(46-34(42)26-16-10-6-11-17-26)21-28-32(38(23,37)48-36(28,3)4)47-35(43)27-18-12-7-13-19-27/h5-19,23,28-32,40H,20-22H2,1-4H3/t23-,28+,29-,30-,31-,32-,37+,38+/m1/s1. The van der Waals surface area contributed by atoms with E-state index in [1.165, 1.54) is 6.92 Å². The summed E-state index contributed by atoms with van der Waals surface area (Å²) in [7, 11) is 0. The van der Waals surface area contributed by atoms with Gasteiger partial charge >= 0.3 is 23.9 Å². The fourth-order valence-electron chi connectivity index (χ4n) is 8.25. The van der Waals surface area contributed by atoms with E-state index in [1.54, 1.807) is 91.0 Å². The van der Waals surface area contributed by atoms with Gasteiger partial charge in [-0.3, -0.25) is 4.79 Å². The molecule has 0 aromatic heterocycles. The van der Waals surface area contributed by atoms with E-state index in [1.807, 2.05) is 20.8 Å². The Hall–Kier alpha value is -4.54. The molecule has 8 atom stereocenters. The first kappa shape index (κ1) is 33.4. The minimum atomic E-state index is -1.76. The van der Waals surface area contributed by atoms with E-state index in [0.29, 0.717) is 5.56 Å². The first-order valence-corrected chi connectivity index (χ1v) is 16.2. The molecule has 1 saturated heterocycles. The van der Waals surface area contributed by atoms with Crippen molar-refractivity contribution >= 4 is 23.9 Å². The number of ether oxygens (including phenoxy) is 5. The predicted octanol–water partition coefficient (Wildman–Crippen LogP) is 5.18. The van der Waals surface area contributed by atoms with Crippen LogP contribution >= 0.6 is 0 Å². The molecule has 0 amide bonds. The summed E-state index contributed by atoms with van der Waals surface area (Å²) in [6, 6.07) is 25.3. The molecule has 3 aromatic rings. The van der Waals surface area contributed by atoms with Crippen LogP contribution in [-0.2, 0) is 28.5 Å². The van der Waals surface area contributed by atoms with Crippen molar-refractivity contribution < 1.29 is 48.0 Å². The summed E-state index contributed by atoms with van der Waals surface area (Å²) >= 11 is 0. The molecule has 2 bridgehead atoms. The zero-order valence-electron chi connectivity index (χ0n) is 27.4. The predicted molar refractivity (Wildman–Crippen MR) is 172 cm³/mol. The molecule has 1 heterocycles. The van der Waals surface area contributed by atoms with Gasteiger partial charge in [-0.25, -0.2) is 14.4 Å². The smallest absolute Gasteiger partial charge is 0.338 e. The SMILES string of the molecule is CC(=O)O[C@@H]1C[C@@H](C)[C@@]23OC(C)(C)[C@@H](C[C@@H](OC(=O)c4ccccc4)[C@@]2(COC(=O)c2ccccc2)[C@@H]1O)[C@H]3OC(=O)c1ccccc1. The molecule has 252 valence electrons. The number of rotatable bonds is 8. The molecule has 2 aliphatic carbocycles. The molecule has 6 rings (SSSR count). The Balaban J connectivity index is 1.52. The molecule has 0 unspecified atom stereocenters. The van der Waals surface area contributed by atoms with Crippen LogP contribution in [0.4, 0.5) is 0 Å². The summed E-state index contributed by atoms with van der Waals surface area (Å²) in [6.45, 7) is 6.34. The Kier molecular flexibility index (Phi) is 8.91. The topological polar surface area (TPSA) is 135 Å². The molecule has 10 heteroatoms. The Morgan fingerprint density at radius 1 is 0.750 bits per heavy atom. The Morgan fingerprint density at radius 2 is 1.25 bits per heavy atom. The number of hydrogen-bond acceptors (Lipinski definition) is 10. The summed E-state index contributed by atoms with van der Waals surface area (Å²) < 4.78 is 31.5. The van der Waals surface area contributed by atoms with E-state index in [-0.39, 0.29) is 24.0 Å². The second kappa shape index (κ2) is 12.8. The average Bonchev–Trinajstić information content (AvgIpc) is 3.25. The number of benzene rings is 3. The minimum absolute atomic E-state index is 0.0829. The summed E-state index contributed by atoms with van der Waals surface area (Å²) in [4.78, 5) is 53.3. The first-order chi connectivity index (χ1) is 22.9. The molecule has 1 spiro atoms. The number of aliphatic hydroxyl groups is 1. The van der Waals surface area contributed by atoms with Crippen molar-refractivity contribution in [1.29, 1.82) is 0 Å². The summed E-state index contributed by atoms with van der Waals surface area (Å²) in [6.07, 6.45) is -4.52. The lowest BCUT2D eigenvalue weighted by Crippen LogP contribution is -2.78. The highest BCUT2D eigenvalue weighted by Crippen LogP contribution is 2.67. The van der Waals surface area contributed by atoms with Gasteiger partial charge in [-0.2, -0.15) is 0 Å². The lowest BCUT2D eigenvalue weighted by Gasteiger charge is -2.63. The molecule has 2 saturated carbocycles. The number of fused-ring (bicyclic) bond motifs is 1. The van der Waals surface area contributed by atoms with Gasteiger partial charge in [0.1, 0.15) is 42.0 Å². The van der Waals surface area contributed by atoms with Gasteiger partial charge < -0.3 is 28.8 Å². The summed E-state index contributed by atoms with van der Waals surface area (Å²) in [5.74, 6) is -3.61. The lowest BCUT2D eigenvalue weighted by molar-refractivity contribution is -0.314. The number of hydrogen-bond donors (Lipinski definition) is 1. The highest BCUT2D eigenvalue weighted by atomic mass is 16.6. The highest BCUT2D eigenvalue weighted by molar-refractivity contribution is 5.90. The molecule has 3 fully saturated rings. The fourth-order valence-corrected chi connectivity index (χ4v) is 8.25. The number of aliphatic hydroxyl groups excluding tert-OH is 1. The van der Waals surface area contributed by atoms with E-state index < -0.39 is 83.4 Å². The molecule has 10 nitrogen and oxygen atoms in total. The normalized spacial score (nSPS) is 31.5. The number of esters is 4. The second-order valence-corrected chi connectivity index (χ2v) is 13.5. The third-order valence-electron chi connectivity index (χ3n) is 10.4. The zero-order valence-corrected chi connectivity index (χ0v) is 27.4. The summed E-state index contributed by atoms with van der Waals surface area (Å²) in [5, 5.41) is 12.5. The van der Waals surface area contributed by atoms with Gasteiger partial charge in [0.25, 0.3) is 0 Å². The van der Waals surface area contributed by atoms with Crippen LogP contribution in [0.5, 0.6) is 0 Å². The van der Waals surface area contributed by atoms with Crippen molar-refractivity contribution in [2.45, 2.75) is 76.2 Å². The lowest BCUT2D eigenvalue weighted by atomic mass is 9.48. The van der Waals surface area contributed by atoms with Crippen LogP contribution in [0.2, 0.25) is 0 Å². The van der Waals surface area contributed by atoms with Crippen molar-refractivity contribution in [1.82, 2.24) is 0 Å². The molecule has 48 heavy (non-hydrogen) atoms. The maximum atomic E-state index is 13.8. The zero-order chi connectivity index (χ0) is 34.3. The summed E-state index contributed by atoms with van der Waals surface area (Å²) in [5.41, 5.74) is -3.39. The van der Waals surface area contributed by atoms with Gasteiger partial charge in [-0.05, 0) is 69.0 Å². The van der Waals surface area contributed by atoms with Crippen molar-refractivity contribution in [3.8, 4) is 0 Å². The van der Waals surface area contributed by atoms with Crippen molar-refractivity contribution in [2.75, 3.05) is 6.61 Å². The number of carbonyl (C=O) groups excluding carboxylic acids is 4. The van der Waals surface area contributed by atoms with Gasteiger partial charge in [-0.1, -0.05) is 61.5 Å². The Bertz CT molecular complexity index is 1660. The molecular formula is C38H40O10. The first-order valence-electron chi connectivity index (χ1n) is 16.2. The molecule has 3 aromatic carbocycles. The van der Waals surface area contributed by atoms with Gasteiger partial charge in [0.05, 0.1) is 22.3 Å². The third kappa shape index (κ3) is 5.56. The largest absolute Gasteiger partial charge is 0.461 e. The average molecular weight is 657 g/mol. The van der Waals surface area contributed by atoms with E-state index in [4.69, 9.17) is 23.7 Å². The van der Waals surface area contributed by atoms with Crippen LogP contribution in [0, 0.1) is 17.3 Å². The second-order valence-electron chi connectivity index (χ2n) is 13.5. The molecule has 1 aliphatic heterocycles.